The fraction of sp³-hybridized carbons (Fsp3) is 0.667. The Morgan fingerprint density at radius 2 is 2.29 bits per heavy atom. The number of amidine groups is 1. The lowest BCUT2D eigenvalue weighted by Crippen LogP contribution is -2.19. The van der Waals surface area contributed by atoms with E-state index in [-0.39, 0.29) is 0 Å². The average Bonchev–Trinajstić information content (AvgIpc) is 2.86. The van der Waals surface area contributed by atoms with Crippen molar-refractivity contribution in [1.82, 2.24) is 10.5 Å². The highest BCUT2D eigenvalue weighted by molar-refractivity contribution is 8.14. The van der Waals surface area contributed by atoms with Gasteiger partial charge in [0.25, 0.3) is 0 Å². The summed E-state index contributed by atoms with van der Waals surface area (Å²) in [7, 11) is 0. The summed E-state index contributed by atoms with van der Waals surface area (Å²) in [6.07, 6.45) is 2.47. The van der Waals surface area contributed by atoms with Crippen LogP contribution in [0.5, 0.6) is 0 Å². The Bertz CT molecular complexity index is 394. The first-order chi connectivity index (χ1) is 8.20. The molecule has 1 aromatic heterocycles. The minimum absolute atomic E-state index is 0.659. The minimum Gasteiger partial charge on any atom is -0.361 e. The number of nitrogens with zero attached hydrogens (tertiary/aromatic N) is 2. The van der Waals surface area contributed by atoms with Gasteiger partial charge in [-0.15, -0.1) is 0 Å². The number of aryl methyl sites for hydroxylation is 2. The molecule has 2 rings (SSSR count). The Morgan fingerprint density at radius 1 is 1.47 bits per heavy atom. The number of hydrogen-bond acceptors (Lipinski definition) is 5. The fourth-order valence-corrected chi connectivity index (χ4v) is 3.03. The van der Waals surface area contributed by atoms with Crippen molar-refractivity contribution in [1.29, 1.82) is 0 Å². The van der Waals surface area contributed by atoms with Gasteiger partial charge in [0.15, 0.2) is 5.17 Å². The first-order valence-electron chi connectivity index (χ1n) is 6.07. The lowest BCUT2D eigenvalue weighted by atomic mass is 10.2. The molecule has 1 aliphatic rings. The summed E-state index contributed by atoms with van der Waals surface area (Å²) >= 11 is 1.86. The Labute approximate surface area is 106 Å². The zero-order chi connectivity index (χ0) is 12.3. The van der Waals surface area contributed by atoms with Gasteiger partial charge < -0.3 is 9.84 Å². The van der Waals surface area contributed by atoms with E-state index in [1.807, 2.05) is 25.6 Å². The molecular formula is C12H19N3OS. The van der Waals surface area contributed by atoms with Crippen LogP contribution in [0.25, 0.3) is 0 Å². The summed E-state index contributed by atoms with van der Waals surface area (Å²) in [6.45, 7) is 7.83. The zero-order valence-electron chi connectivity index (χ0n) is 10.6. The number of rotatable bonds is 4. The summed E-state index contributed by atoms with van der Waals surface area (Å²) in [5.74, 6) is 0.892. The maximum Gasteiger partial charge on any atom is 0.157 e. The summed E-state index contributed by atoms with van der Waals surface area (Å²) in [5, 5.41) is 9.03. The monoisotopic (exact) mass is 253 g/mol. The molecule has 2 heterocycles. The van der Waals surface area contributed by atoms with Crippen molar-refractivity contribution in [3.63, 3.8) is 0 Å². The first kappa shape index (κ1) is 12.5. The zero-order valence-corrected chi connectivity index (χ0v) is 11.4. The summed E-state index contributed by atoms with van der Waals surface area (Å²) in [6, 6.07) is 0. The molecule has 0 bridgehead atoms. The highest BCUT2D eigenvalue weighted by atomic mass is 32.2. The Balaban J connectivity index is 1.84. The highest BCUT2D eigenvalue weighted by Gasteiger charge is 2.19. The van der Waals surface area contributed by atoms with E-state index in [1.54, 1.807) is 0 Å². The van der Waals surface area contributed by atoms with Crippen LogP contribution in [0.1, 0.15) is 36.8 Å². The third kappa shape index (κ3) is 3.03. The van der Waals surface area contributed by atoms with Gasteiger partial charge in [0.2, 0.25) is 0 Å². The predicted octanol–water partition coefficient (Wildman–Crippen LogP) is 2.65. The molecule has 1 aromatic rings. The minimum atomic E-state index is 0.659. The molecule has 5 heteroatoms. The van der Waals surface area contributed by atoms with E-state index >= 15 is 0 Å². The van der Waals surface area contributed by atoms with E-state index in [9.17, 15) is 0 Å². The number of aromatic nitrogens is 1. The van der Waals surface area contributed by atoms with Crippen molar-refractivity contribution >= 4 is 16.9 Å². The normalized spacial score (nSPS) is 19.5. The van der Waals surface area contributed by atoms with E-state index in [0.717, 1.165) is 35.3 Å². The van der Waals surface area contributed by atoms with Gasteiger partial charge in [0.1, 0.15) is 5.76 Å². The number of nitrogens with one attached hydrogen (secondary N) is 1. The van der Waals surface area contributed by atoms with Crippen LogP contribution in [0.3, 0.4) is 0 Å². The smallest absolute Gasteiger partial charge is 0.157 e. The van der Waals surface area contributed by atoms with Gasteiger partial charge in [-0.25, -0.2) is 0 Å². The van der Waals surface area contributed by atoms with Gasteiger partial charge in [-0.3, -0.25) is 4.99 Å². The summed E-state index contributed by atoms with van der Waals surface area (Å²) in [4.78, 5) is 4.51. The van der Waals surface area contributed by atoms with Crippen LogP contribution in [0.4, 0.5) is 0 Å². The Hall–Kier alpha value is -0.970. The SMILES string of the molecule is CCCC1CN=C(NCc2c(C)noc2C)S1. The molecule has 0 fully saturated rings. The van der Waals surface area contributed by atoms with Gasteiger partial charge in [-0.05, 0) is 20.3 Å². The van der Waals surface area contributed by atoms with Crippen molar-refractivity contribution < 1.29 is 4.52 Å². The summed E-state index contributed by atoms with van der Waals surface area (Å²) in [5.41, 5.74) is 2.11. The quantitative estimate of drug-likeness (QED) is 0.896. The van der Waals surface area contributed by atoms with Crippen molar-refractivity contribution in [2.45, 2.75) is 45.4 Å². The lowest BCUT2D eigenvalue weighted by Gasteiger charge is -2.07. The van der Waals surface area contributed by atoms with Crippen molar-refractivity contribution in [3.8, 4) is 0 Å². The molecule has 0 saturated heterocycles. The molecule has 94 valence electrons. The van der Waals surface area contributed by atoms with Crippen LogP contribution in [-0.2, 0) is 6.54 Å². The number of aliphatic imine (C=N–C) groups is 1. The second-order valence-corrected chi connectivity index (χ2v) is 5.62. The molecule has 0 spiro atoms. The van der Waals surface area contributed by atoms with Gasteiger partial charge >= 0.3 is 0 Å². The van der Waals surface area contributed by atoms with E-state index in [4.69, 9.17) is 4.52 Å². The van der Waals surface area contributed by atoms with Crippen molar-refractivity contribution in [2.24, 2.45) is 4.99 Å². The molecule has 0 radical (unpaired) electrons. The second-order valence-electron chi connectivity index (χ2n) is 4.33. The molecule has 4 nitrogen and oxygen atoms in total. The topological polar surface area (TPSA) is 50.4 Å². The molecule has 17 heavy (non-hydrogen) atoms. The Kier molecular flexibility index (Phi) is 4.10. The predicted molar refractivity (Wildman–Crippen MR) is 71.4 cm³/mol. The maximum absolute atomic E-state index is 5.13. The molecule has 0 aromatic carbocycles. The van der Waals surface area contributed by atoms with E-state index in [1.165, 1.54) is 12.8 Å². The molecule has 0 aliphatic carbocycles. The molecule has 1 atom stereocenters. The van der Waals surface area contributed by atoms with Crippen LogP contribution < -0.4 is 5.32 Å². The molecular weight excluding hydrogens is 234 g/mol. The third-order valence-electron chi connectivity index (χ3n) is 2.93. The van der Waals surface area contributed by atoms with E-state index in [0.29, 0.717) is 5.25 Å². The van der Waals surface area contributed by atoms with E-state index in [2.05, 4.69) is 22.4 Å². The van der Waals surface area contributed by atoms with Gasteiger partial charge in [-0.1, -0.05) is 30.3 Å². The van der Waals surface area contributed by atoms with Crippen LogP contribution in [0, 0.1) is 13.8 Å². The molecule has 1 N–H and O–H groups in total. The molecule has 0 saturated carbocycles. The van der Waals surface area contributed by atoms with Gasteiger partial charge in [0.05, 0.1) is 12.2 Å². The van der Waals surface area contributed by atoms with Crippen molar-refractivity contribution in [2.75, 3.05) is 6.54 Å². The lowest BCUT2D eigenvalue weighted by molar-refractivity contribution is 0.392. The summed E-state index contributed by atoms with van der Waals surface area (Å²) < 4.78 is 5.13. The molecule has 1 unspecified atom stereocenters. The average molecular weight is 253 g/mol. The van der Waals surface area contributed by atoms with Crippen LogP contribution in [0.2, 0.25) is 0 Å². The molecule has 1 aliphatic heterocycles. The highest BCUT2D eigenvalue weighted by Crippen LogP contribution is 2.24. The third-order valence-corrected chi connectivity index (χ3v) is 4.14. The van der Waals surface area contributed by atoms with Gasteiger partial charge in [0, 0.05) is 17.4 Å². The van der Waals surface area contributed by atoms with Crippen LogP contribution in [-0.4, -0.2) is 22.1 Å². The number of hydrogen-bond donors (Lipinski definition) is 1. The fourth-order valence-electron chi connectivity index (χ4n) is 1.91. The maximum atomic E-state index is 5.13. The van der Waals surface area contributed by atoms with Crippen LogP contribution in [0.15, 0.2) is 9.52 Å². The first-order valence-corrected chi connectivity index (χ1v) is 6.95. The van der Waals surface area contributed by atoms with E-state index < -0.39 is 0 Å². The van der Waals surface area contributed by atoms with Crippen molar-refractivity contribution in [3.05, 3.63) is 17.0 Å². The number of thioether (sulfide) groups is 1. The standard InChI is InChI=1S/C12H19N3OS/c1-4-5-10-6-13-12(17-10)14-7-11-8(2)15-16-9(11)3/h10H,4-7H2,1-3H3,(H,13,14). The largest absolute Gasteiger partial charge is 0.361 e. The second kappa shape index (κ2) is 5.58. The van der Waals surface area contributed by atoms with Crippen LogP contribution >= 0.6 is 11.8 Å². The van der Waals surface area contributed by atoms with Gasteiger partial charge in [-0.2, -0.15) is 0 Å². The Morgan fingerprint density at radius 3 is 2.94 bits per heavy atom. The molecule has 0 amide bonds.